The minimum Gasteiger partial charge on any atom is -0.491 e. The number of aromatic nitrogens is 2. The summed E-state index contributed by atoms with van der Waals surface area (Å²) in [5.74, 6) is -1.50. The van der Waals surface area contributed by atoms with Gasteiger partial charge in [-0.25, -0.2) is 23.1 Å². The van der Waals surface area contributed by atoms with Crippen molar-refractivity contribution in [3.63, 3.8) is 0 Å². The molecule has 27 heavy (non-hydrogen) atoms. The number of fused-ring (bicyclic) bond motifs is 1. The van der Waals surface area contributed by atoms with E-state index >= 15 is 4.39 Å². The molecule has 0 amide bonds. The van der Waals surface area contributed by atoms with Gasteiger partial charge in [0.2, 0.25) is 0 Å². The second-order valence-electron chi connectivity index (χ2n) is 5.90. The Bertz CT molecular complexity index is 1130. The number of rotatable bonds is 3. The van der Waals surface area contributed by atoms with Crippen LogP contribution in [0.15, 0.2) is 61.1 Å². The van der Waals surface area contributed by atoms with E-state index in [1.807, 2.05) is 0 Å². The molecule has 1 heterocycles. The molecule has 0 fully saturated rings. The molecule has 4 rings (SSSR count). The summed E-state index contributed by atoms with van der Waals surface area (Å²) in [5.41, 5.74) is 2.03. The van der Waals surface area contributed by atoms with Crippen molar-refractivity contribution in [3.8, 4) is 28.0 Å². The van der Waals surface area contributed by atoms with Gasteiger partial charge < -0.3 is 4.74 Å². The zero-order valence-electron chi connectivity index (χ0n) is 14.2. The predicted molar refractivity (Wildman–Crippen MR) is 96.8 cm³/mol. The van der Waals surface area contributed by atoms with E-state index in [0.29, 0.717) is 27.6 Å². The van der Waals surface area contributed by atoms with Gasteiger partial charge in [-0.2, -0.15) is 0 Å². The van der Waals surface area contributed by atoms with E-state index < -0.39 is 17.5 Å². The van der Waals surface area contributed by atoms with Gasteiger partial charge in [0.1, 0.15) is 23.5 Å². The molecule has 0 aliphatic carbocycles. The third kappa shape index (κ3) is 2.89. The Balaban J connectivity index is 2.16. The maximum Gasteiger partial charge on any atom is 0.181 e. The highest BCUT2D eigenvalue weighted by Crippen LogP contribution is 2.44. The van der Waals surface area contributed by atoms with E-state index in [0.717, 1.165) is 0 Å². The van der Waals surface area contributed by atoms with Crippen LogP contribution >= 0.6 is 0 Å². The first kappa shape index (κ1) is 17.0. The summed E-state index contributed by atoms with van der Waals surface area (Å²) >= 11 is 0. The van der Waals surface area contributed by atoms with Crippen molar-refractivity contribution in [2.45, 2.75) is 0 Å². The Labute approximate surface area is 153 Å². The normalized spacial score (nSPS) is 11.0. The molecule has 0 spiro atoms. The number of hydrogen-bond acceptors (Lipinski definition) is 3. The van der Waals surface area contributed by atoms with Crippen LogP contribution in [-0.2, 0) is 0 Å². The van der Waals surface area contributed by atoms with Gasteiger partial charge >= 0.3 is 0 Å². The average Bonchev–Trinajstić information content (AvgIpc) is 2.69. The van der Waals surface area contributed by atoms with Crippen LogP contribution < -0.4 is 4.74 Å². The molecule has 0 saturated heterocycles. The van der Waals surface area contributed by atoms with Crippen LogP contribution in [0.4, 0.5) is 13.2 Å². The van der Waals surface area contributed by atoms with Crippen molar-refractivity contribution in [1.29, 1.82) is 0 Å². The Morgan fingerprint density at radius 2 is 1.33 bits per heavy atom. The van der Waals surface area contributed by atoms with Crippen molar-refractivity contribution in [1.82, 2.24) is 9.97 Å². The summed E-state index contributed by atoms with van der Waals surface area (Å²) in [5, 5.41) is 0.543. The number of methoxy groups -OCH3 is 1. The lowest BCUT2D eigenvalue weighted by Gasteiger charge is -2.17. The summed E-state index contributed by atoms with van der Waals surface area (Å²) in [4.78, 5) is 8.20. The quantitative estimate of drug-likeness (QED) is 0.488. The van der Waals surface area contributed by atoms with Gasteiger partial charge in [0.05, 0.1) is 7.11 Å². The SMILES string of the molecule is COc1c(F)c(-c2ccc(F)cc2)c(-c2ccc(F)cc2)c2cncnc12. The van der Waals surface area contributed by atoms with Crippen molar-refractivity contribution in [3.05, 3.63) is 78.5 Å². The number of ether oxygens (including phenoxy) is 1. The van der Waals surface area contributed by atoms with Crippen LogP contribution in [0.2, 0.25) is 0 Å². The summed E-state index contributed by atoms with van der Waals surface area (Å²) < 4.78 is 47.5. The number of benzene rings is 3. The van der Waals surface area contributed by atoms with E-state index in [1.54, 1.807) is 18.3 Å². The lowest BCUT2D eigenvalue weighted by molar-refractivity contribution is 0.392. The lowest BCUT2D eigenvalue weighted by Crippen LogP contribution is -2.00. The third-order valence-electron chi connectivity index (χ3n) is 4.34. The number of hydrogen-bond donors (Lipinski definition) is 0. The van der Waals surface area contributed by atoms with Gasteiger partial charge in [-0.05, 0) is 35.4 Å². The van der Waals surface area contributed by atoms with E-state index in [2.05, 4.69) is 9.97 Å². The largest absolute Gasteiger partial charge is 0.491 e. The van der Waals surface area contributed by atoms with Crippen LogP contribution in [-0.4, -0.2) is 17.1 Å². The molecular weight excluding hydrogens is 353 g/mol. The fraction of sp³-hybridized carbons (Fsp3) is 0.0476. The molecule has 3 nitrogen and oxygen atoms in total. The maximum absolute atomic E-state index is 15.5. The molecule has 0 bridgehead atoms. The number of nitrogens with zero attached hydrogens (tertiary/aromatic N) is 2. The molecule has 0 N–H and O–H groups in total. The fourth-order valence-corrected chi connectivity index (χ4v) is 3.15. The second-order valence-corrected chi connectivity index (χ2v) is 5.90. The first-order valence-corrected chi connectivity index (χ1v) is 8.11. The van der Waals surface area contributed by atoms with Crippen LogP contribution in [0.25, 0.3) is 33.2 Å². The van der Waals surface area contributed by atoms with E-state index in [1.165, 1.54) is 49.8 Å². The highest BCUT2D eigenvalue weighted by atomic mass is 19.1. The first-order valence-electron chi connectivity index (χ1n) is 8.11. The Kier molecular flexibility index (Phi) is 4.24. The van der Waals surface area contributed by atoms with Crippen LogP contribution in [0, 0.1) is 17.5 Å². The second kappa shape index (κ2) is 6.72. The van der Waals surface area contributed by atoms with Crippen LogP contribution in [0.5, 0.6) is 5.75 Å². The molecule has 0 atom stereocenters. The van der Waals surface area contributed by atoms with Gasteiger partial charge in [0, 0.05) is 22.7 Å². The molecule has 0 unspecified atom stereocenters. The monoisotopic (exact) mass is 366 g/mol. The molecule has 0 radical (unpaired) electrons. The maximum atomic E-state index is 15.5. The summed E-state index contributed by atoms with van der Waals surface area (Å²) in [7, 11) is 1.35. The zero-order valence-corrected chi connectivity index (χ0v) is 14.2. The van der Waals surface area contributed by atoms with Gasteiger partial charge in [0.15, 0.2) is 11.6 Å². The van der Waals surface area contributed by atoms with Crippen LogP contribution in [0.1, 0.15) is 0 Å². The molecule has 0 saturated carbocycles. The van der Waals surface area contributed by atoms with Gasteiger partial charge in [0.25, 0.3) is 0 Å². The summed E-state index contributed by atoms with van der Waals surface area (Å²) in [6, 6.07) is 11.2. The molecule has 3 aromatic carbocycles. The smallest absolute Gasteiger partial charge is 0.181 e. The molecule has 0 aliphatic heterocycles. The minimum absolute atomic E-state index is 0.0300. The molecule has 134 valence electrons. The van der Waals surface area contributed by atoms with E-state index in [9.17, 15) is 8.78 Å². The van der Waals surface area contributed by atoms with E-state index in [4.69, 9.17) is 4.74 Å². The summed E-state index contributed by atoms with van der Waals surface area (Å²) in [6.45, 7) is 0. The zero-order chi connectivity index (χ0) is 19.0. The third-order valence-corrected chi connectivity index (χ3v) is 4.34. The minimum atomic E-state index is -0.630. The predicted octanol–water partition coefficient (Wildman–Crippen LogP) is 5.39. The van der Waals surface area contributed by atoms with Gasteiger partial charge in [-0.15, -0.1) is 0 Å². The van der Waals surface area contributed by atoms with Crippen molar-refractivity contribution in [2.24, 2.45) is 0 Å². The lowest BCUT2D eigenvalue weighted by atomic mass is 9.90. The first-order chi connectivity index (χ1) is 13.1. The average molecular weight is 366 g/mol. The summed E-state index contributed by atoms with van der Waals surface area (Å²) in [6.07, 6.45) is 2.85. The fourth-order valence-electron chi connectivity index (χ4n) is 3.15. The highest BCUT2D eigenvalue weighted by Gasteiger charge is 2.23. The van der Waals surface area contributed by atoms with Gasteiger partial charge in [-0.1, -0.05) is 24.3 Å². The van der Waals surface area contributed by atoms with Crippen molar-refractivity contribution < 1.29 is 17.9 Å². The van der Waals surface area contributed by atoms with Crippen molar-refractivity contribution >= 4 is 10.9 Å². The standard InChI is InChI=1S/C21H13F3N2O/c1-27-21-19(24)18(13-4-8-15(23)9-5-13)17(12-2-6-14(22)7-3-12)16-10-25-11-26-20(16)21/h2-11H,1H3. The molecular formula is C21H13F3N2O. The Morgan fingerprint density at radius 1 is 0.778 bits per heavy atom. The van der Waals surface area contributed by atoms with Crippen molar-refractivity contribution in [2.75, 3.05) is 7.11 Å². The molecule has 6 heteroatoms. The molecule has 4 aromatic rings. The Hall–Kier alpha value is -3.41. The van der Waals surface area contributed by atoms with Gasteiger partial charge in [-0.3, -0.25) is 0 Å². The topological polar surface area (TPSA) is 35.0 Å². The molecule has 0 aliphatic rings. The van der Waals surface area contributed by atoms with Crippen LogP contribution in [0.3, 0.4) is 0 Å². The van der Waals surface area contributed by atoms with E-state index in [-0.39, 0.29) is 11.3 Å². The number of halogens is 3. The molecule has 1 aromatic heterocycles. The highest BCUT2D eigenvalue weighted by molar-refractivity contribution is 6.05. The Morgan fingerprint density at radius 3 is 1.89 bits per heavy atom.